The van der Waals surface area contributed by atoms with Crippen LogP contribution < -0.4 is 5.56 Å². The summed E-state index contributed by atoms with van der Waals surface area (Å²) in [5.74, 6) is -0.161. The highest BCUT2D eigenvalue weighted by molar-refractivity contribution is 14.1. The maximum atomic E-state index is 13.3. The minimum atomic E-state index is -0.577. The molecule has 1 aromatic carbocycles. The predicted molar refractivity (Wildman–Crippen MR) is 83.2 cm³/mol. The van der Waals surface area contributed by atoms with Gasteiger partial charge in [-0.15, -0.1) is 0 Å². The third-order valence-electron chi connectivity index (χ3n) is 2.69. The molecule has 0 amide bonds. The van der Waals surface area contributed by atoms with Crippen molar-refractivity contribution in [3.63, 3.8) is 0 Å². The molecule has 0 bridgehead atoms. The number of hydrogen-bond donors (Lipinski definition) is 2. The molecular formula is C14H14FIN2O2. The summed E-state index contributed by atoms with van der Waals surface area (Å²) < 4.78 is 13.9. The summed E-state index contributed by atoms with van der Waals surface area (Å²) >= 11 is 1.96. The van der Waals surface area contributed by atoms with E-state index in [4.69, 9.17) is 0 Å². The van der Waals surface area contributed by atoms with Gasteiger partial charge in [-0.25, -0.2) is 9.37 Å². The Kier molecular flexibility index (Phi) is 4.42. The van der Waals surface area contributed by atoms with E-state index in [9.17, 15) is 14.3 Å². The Balaban J connectivity index is 2.57. The molecule has 6 heteroatoms. The SMILES string of the molecule is CC(C)Cc1nc(-c2cc(O)cc(F)c2)[nH]c(=O)c1I. The maximum absolute atomic E-state index is 13.3. The lowest BCUT2D eigenvalue weighted by Crippen LogP contribution is -2.17. The van der Waals surface area contributed by atoms with Gasteiger partial charge < -0.3 is 10.1 Å². The number of aromatic nitrogens is 2. The average molecular weight is 388 g/mol. The quantitative estimate of drug-likeness (QED) is 0.795. The standard InChI is InChI=1S/C14H14FIN2O2/c1-7(2)3-11-12(16)14(20)18-13(17-11)8-4-9(15)6-10(19)5-8/h4-7,19H,3H2,1-2H3,(H,17,18,20). The van der Waals surface area contributed by atoms with E-state index < -0.39 is 5.82 Å². The maximum Gasteiger partial charge on any atom is 0.264 e. The smallest absolute Gasteiger partial charge is 0.264 e. The zero-order valence-corrected chi connectivity index (χ0v) is 13.2. The van der Waals surface area contributed by atoms with Crippen molar-refractivity contribution in [1.29, 1.82) is 0 Å². The molecular weight excluding hydrogens is 374 g/mol. The molecule has 106 valence electrons. The molecule has 0 aliphatic carbocycles. The first-order chi connectivity index (χ1) is 9.36. The van der Waals surface area contributed by atoms with Crippen LogP contribution in [0.15, 0.2) is 23.0 Å². The van der Waals surface area contributed by atoms with Crippen molar-refractivity contribution in [2.24, 2.45) is 5.92 Å². The van der Waals surface area contributed by atoms with Crippen molar-refractivity contribution < 1.29 is 9.50 Å². The zero-order chi connectivity index (χ0) is 14.9. The number of nitrogens with zero attached hydrogens (tertiary/aromatic N) is 1. The first-order valence-electron chi connectivity index (χ1n) is 6.15. The number of phenols is 1. The minimum Gasteiger partial charge on any atom is -0.508 e. The molecule has 0 radical (unpaired) electrons. The number of rotatable bonds is 3. The van der Waals surface area contributed by atoms with E-state index in [1.807, 2.05) is 36.4 Å². The Hall–Kier alpha value is -1.44. The third-order valence-corrected chi connectivity index (χ3v) is 3.80. The van der Waals surface area contributed by atoms with Crippen LogP contribution in [0.1, 0.15) is 19.5 Å². The van der Waals surface area contributed by atoms with Crippen LogP contribution in [0.2, 0.25) is 0 Å². The summed E-state index contributed by atoms with van der Waals surface area (Å²) in [5, 5.41) is 9.43. The molecule has 0 saturated heterocycles. The zero-order valence-electron chi connectivity index (χ0n) is 11.1. The fraction of sp³-hybridized carbons (Fsp3) is 0.286. The van der Waals surface area contributed by atoms with E-state index in [-0.39, 0.29) is 17.1 Å². The lowest BCUT2D eigenvalue weighted by Gasteiger charge is -2.09. The highest BCUT2D eigenvalue weighted by Gasteiger charge is 2.12. The molecule has 4 nitrogen and oxygen atoms in total. The molecule has 0 atom stereocenters. The van der Waals surface area contributed by atoms with Gasteiger partial charge >= 0.3 is 0 Å². The summed E-state index contributed by atoms with van der Waals surface area (Å²) in [6.07, 6.45) is 0.663. The molecule has 2 N–H and O–H groups in total. The molecule has 20 heavy (non-hydrogen) atoms. The molecule has 0 aliphatic rings. The Bertz CT molecular complexity index is 678. The Morgan fingerprint density at radius 3 is 2.70 bits per heavy atom. The van der Waals surface area contributed by atoms with Crippen molar-refractivity contribution in [2.75, 3.05) is 0 Å². The van der Waals surface area contributed by atoms with Crippen LogP contribution in [-0.4, -0.2) is 15.1 Å². The van der Waals surface area contributed by atoms with Crippen LogP contribution in [0, 0.1) is 15.3 Å². The largest absolute Gasteiger partial charge is 0.508 e. The molecule has 1 aromatic heterocycles. The minimum absolute atomic E-state index is 0.202. The second-order valence-electron chi connectivity index (χ2n) is 4.97. The van der Waals surface area contributed by atoms with Gasteiger partial charge in [-0.3, -0.25) is 4.79 Å². The van der Waals surface area contributed by atoms with Gasteiger partial charge in [-0.1, -0.05) is 13.8 Å². The van der Waals surface area contributed by atoms with Crippen LogP contribution in [0.25, 0.3) is 11.4 Å². The van der Waals surface area contributed by atoms with Crippen molar-refractivity contribution in [3.05, 3.63) is 43.6 Å². The van der Waals surface area contributed by atoms with Gasteiger partial charge in [0.1, 0.15) is 17.4 Å². The molecule has 0 saturated carbocycles. The summed E-state index contributed by atoms with van der Waals surface area (Å²) in [4.78, 5) is 18.9. The van der Waals surface area contributed by atoms with Crippen molar-refractivity contribution in [3.8, 4) is 17.1 Å². The van der Waals surface area contributed by atoms with Crippen LogP contribution in [-0.2, 0) is 6.42 Å². The number of halogens is 2. The number of aromatic hydroxyl groups is 1. The number of aromatic amines is 1. The molecule has 1 heterocycles. The Morgan fingerprint density at radius 1 is 1.40 bits per heavy atom. The Labute approximate surface area is 129 Å². The summed E-state index contributed by atoms with van der Waals surface area (Å²) in [5.41, 5.74) is 0.777. The first-order valence-corrected chi connectivity index (χ1v) is 7.23. The highest BCUT2D eigenvalue weighted by Crippen LogP contribution is 2.22. The summed E-state index contributed by atoms with van der Waals surface area (Å²) in [7, 11) is 0. The van der Waals surface area contributed by atoms with Gasteiger partial charge in [0, 0.05) is 11.6 Å². The molecule has 2 aromatic rings. The molecule has 0 aliphatic heterocycles. The van der Waals surface area contributed by atoms with Gasteiger partial charge in [0.05, 0.1) is 9.26 Å². The van der Waals surface area contributed by atoms with Crippen molar-refractivity contribution in [1.82, 2.24) is 9.97 Å². The van der Waals surface area contributed by atoms with Crippen LogP contribution in [0.4, 0.5) is 4.39 Å². The van der Waals surface area contributed by atoms with Crippen molar-refractivity contribution in [2.45, 2.75) is 20.3 Å². The summed E-state index contributed by atoms with van der Waals surface area (Å²) in [6.45, 7) is 4.07. The van der Waals surface area contributed by atoms with Gasteiger partial charge in [0.2, 0.25) is 0 Å². The fourth-order valence-electron chi connectivity index (χ4n) is 1.87. The monoisotopic (exact) mass is 388 g/mol. The van der Waals surface area contributed by atoms with Crippen LogP contribution in [0.5, 0.6) is 5.75 Å². The third kappa shape index (κ3) is 3.36. The van der Waals surface area contributed by atoms with Gasteiger partial charge in [-0.2, -0.15) is 0 Å². The first kappa shape index (κ1) is 15.0. The van der Waals surface area contributed by atoms with E-state index in [0.717, 1.165) is 6.07 Å². The number of phenolic OH excluding ortho intramolecular Hbond substituents is 1. The van der Waals surface area contributed by atoms with E-state index in [2.05, 4.69) is 9.97 Å². The van der Waals surface area contributed by atoms with Gasteiger partial charge in [0.15, 0.2) is 0 Å². The fourth-order valence-corrected chi connectivity index (χ4v) is 2.35. The second kappa shape index (κ2) is 5.90. The molecule has 0 fully saturated rings. The van der Waals surface area contributed by atoms with E-state index >= 15 is 0 Å². The lowest BCUT2D eigenvalue weighted by atomic mass is 10.1. The predicted octanol–water partition coefficient (Wildman–Crippen LogP) is 3.08. The van der Waals surface area contributed by atoms with E-state index in [1.54, 1.807) is 0 Å². The van der Waals surface area contributed by atoms with Gasteiger partial charge in [-0.05, 0) is 47.1 Å². The molecule has 2 rings (SSSR count). The molecule has 0 spiro atoms. The number of nitrogens with one attached hydrogen (secondary N) is 1. The van der Waals surface area contributed by atoms with Gasteiger partial charge in [0.25, 0.3) is 5.56 Å². The Morgan fingerprint density at radius 2 is 2.10 bits per heavy atom. The normalized spacial score (nSPS) is 11.1. The highest BCUT2D eigenvalue weighted by atomic mass is 127. The summed E-state index contributed by atoms with van der Waals surface area (Å²) in [6, 6.07) is 3.60. The number of benzene rings is 1. The number of hydrogen-bond acceptors (Lipinski definition) is 3. The van der Waals surface area contributed by atoms with E-state index in [1.165, 1.54) is 12.1 Å². The van der Waals surface area contributed by atoms with Crippen LogP contribution >= 0.6 is 22.6 Å². The second-order valence-corrected chi connectivity index (χ2v) is 6.05. The molecule has 0 unspecified atom stereocenters. The van der Waals surface area contributed by atoms with Crippen LogP contribution in [0.3, 0.4) is 0 Å². The lowest BCUT2D eigenvalue weighted by molar-refractivity contribution is 0.469. The number of H-pyrrole nitrogens is 1. The van der Waals surface area contributed by atoms with Crippen molar-refractivity contribution >= 4 is 22.6 Å². The average Bonchev–Trinajstić information content (AvgIpc) is 2.32. The topological polar surface area (TPSA) is 66.0 Å². The van der Waals surface area contributed by atoms with E-state index in [0.29, 0.717) is 27.2 Å².